The van der Waals surface area contributed by atoms with Gasteiger partial charge in [0.05, 0.1) is 11.3 Å². The van der Waals surface area contributed by atoms with Crippen LogP contribution in [0.2, 0.25) is 0 Å². The first kappa shape index (κ1) is 12.7. The first-order valence-corrected chi connectivity index (χ1v) is 7.58. The van der Waals surface area contributed by atoms with E-state index in [1.54, 1.807) is 11.3 Å². The molecule has 0 spiro atoms. The number of aryl methyl sites for hydroxylation is 1. The van der Waals surface area contributed by atoms with Crippen molar-refractivity contribution in [2.75, 3.05) is 6.54 Å². The third-order valence-corrected chi connectivity index (χ3v) is 5.27. The lowest BCUT2D eigenvalue weighted by molar-refractivity contribution is -0.143. The van der Waals surface area contributed by atoms with E-state index in [0.29, 0.717) is 12.8 Å². The van der Waals surface area contributed by atoms with Gasteiger partial charge in [-0.05, 0) is 49.1 Å². The number of carboxylic acid groups (broad SMARTS) is 1. The van der Waals surface area contributed by atoms with Crippen molar-refractivity contribution in [1.29, 1.82) is 0 Å². The molecular formula is C14H17NO3S. The summed E-state index contributed by atoms with van der Waals surface area (Å²) in [7, 11) is 0. The van der Waals surface area contributed by atoms with Gasteiger partial charge in [-0.25, -0.2) is 0 Å². The maximum Gasteiger partial charge on any atom is 0.311 e. The van der Waals surface area contributed by atoms with Gasteiger partial charge in [0.1, 0.15) is 0 Å². The average molecular weight is 279 g/mol. The molecule has 1 aromatic heterocycles. The van der Waals surface area contributed by atoms with Crippen LogP contribution in [0.4, 0.5) is 0 Å². The number of carbonyl (C=O) groups is 2. The molecule has 1 unspecified atom stereocenters. The van der Waals surface area contributed by atoms with E-state index in [1.807, 2.05) is 11.4 Å². The van der Waals surface area contributed by atoms with E-state index >= 15 is 0 Å². The van der Waals surface area contributed by atoms with Gasteiger partial charge in [-0.15, -0.1) is 11.3 Å². The Morgan fingerprint density at radius 3 is 2.95 bits per heavy atom. The number of aliphatic carboxylic acids is 1. The largest absolute Gasteiger partial charge is 0.481 e. The summed E-state index contributed by atoms with van der Waals surface area (Å²) in [6, 6.07) is 2.04. The summed E-state index contributed by atoms with van der Waals surface area (Å²) in [5.74, 6) is -0.876. The summed E-state index contributed by atoms with van der Waals surface area (Å²) >= 11 is 1.71. The Balaban J connectivity index is 1.65. The molecule has 1 atom stereocenters. The molecule has 0 aromatic carbocycles. The maximum atomic E-state index is 12.3. The minimum Gasteiger partial charge on any atom is -0.481 e. The lowest BCUT2D eigenvalue weighted by Gasteiger charge is -2.22. The fraction of sp³-hybridized carbons (Fsp3) is 0.571. The van der Waals surface area contributed by atoms with E-state index in [0.717, 1.165) is 24.8 Å². The highest BCUT2D eigenvalue weighted by atomic mass is 32.1. The minimum atomic E-state index is -0.785. The van der Waals surface area contributed by atoms with Crippen molar-refractivity contribution in [1.82, 2.24) is 5.32 Å². The van der Waals surface area contributed by atoms with Gasteiger partial charge in [-0.3, -0.25) is 9.59 Å². The van der Waals surface area contributed by atoms with Crippen LogP contribution in [0, 0.1) is 5.41 Å². The van der Waals surface area contributed by atoms with Crippen LogP contribution in [0.15, 0.2) is 11.4 Å². The molecule has 0 aliphatic heterocycles. The molecule has 3 rings (SSSR count). The van der Waals surface area contributed by atoms with Gasteiger partial charge in [0, 0.05) is 11.4 Å². The summed E-state index contributed by atoms with van der Waals surface area (Å²) in [5.41, 5.74) is 0.468. The van der Waals surface area contributed by atoms with Gasteiger partial charge in [-0.2, -0.15) is 0 Å². The van der Waals surface area contributed by atoms with E-state index in [-0.39, 0.29) is 18.4 Å². The van der Waals surface area contributed by atoms with Crippen LogP contribution in [0.3, 0.4) is 0 Å². The summed E-state index contributed by atoms with van der Waals surface area (Å²) in [6.07, 6.45) is 4.33. The molecule has 2 aliphatic rings. The Kier molecular flexibility index (Phi) is 3.09. The molecular weight excluding hydrogens is 262 g/mol. The lowest BCUT2D eigenvalue weighted by Crippen LogP contribution is -2.37. The van der Waals surface area contributed by atoms with Crippen LogP contribution >= 0.6 is 11.3 Å². The summed E-state index contributed by atoms with van der Waals surface area (Å²) in [5, 5.41) is 14.0. The zero-order chi connectivity index (χ0) is 13.5. The van der Waals surface area contributed by atoms with Crippen molar-refractivity contribution >= 4 is 23.2 Å². The molecule has 2 aliphatic carbocycles. The van der Waals surface area contributed by atoms with Gasteiger partial charge in [0.15, 0.2) is 0 Å². The van der Waals surface area contributed by atoms with Crippen molar-refractivity contribution in [2.24, 2.45) is 5.41 Å². The summed E-state index contributed by atoms with van der Waals surface area (Å²) < 4.78 is 0. The van der Waals surface area contributed by atoms with Gasteiger partial charge in [0.25, 0.3) is 0 Å². The number of fused-ring (bicyclic) bond motifs is 1. The van der Waals surface area contributed by atoms with Crippen LogP contribution in [-0.4, -0.2) is 23.5 Å². The van der Waals surface area contributed by atoms with Gasteiger partial charge in [0.2, 0.25) is 5.91 Å². The highest BCUT2D eigenvalue weighted by Crippen LogP contribution is 2.45. The summed E-state index contributed by atoms with van der Waals surface area (Å²) in [4.78, 5) is 24.6. The van der Waals surface area contributed by atoms with Crippen molar-refractivity contribution in [3.05, 3.63) is 21.9 Å². The molecule has 102 valence electrons. The second kappa shape index (κ2) is 4.63. The van der Waals surface area contributed by atoms with Crippen LogP contribution in [0.1, 0.15) is 42.0 Å². The first-order chi connectivity index (χ1) is 9.12. The molecule has 1 saturated carbocycles. The number of hydrogen-bond acceptors (Lipinski definition) is 3. The monoisotopic (exact) mass is 279 g/mol. The van der Waals surface area contributed by atoms with Gasteiger partial charge >= 0.3 is 5.97 Å². The Hall–Kier alpha value is -1.36. The third-order valence-electron chi connectivity index (χ3n) is 4.28. The predicted molar refractivity (Wildman–Crippen MR) is 72.3 cm³/mol. The Morgan fingerprint density at radius 1 is 1.47 bits per heavy atom. The fourth-order valence-electron chi connectivity index (χ4n) is 2.76. The predicted octanol–water partition coefficient (Wildman–Crippen LogP) is 2.15. The number of hydrogen-bond donors (Lipinski definition) is 2. The molecule has 19 heavy (non-hydrogen) atoms. The molecule has 1 amide bonds. The van der Waals surface area contributed by atoms with E-state index in [9.17, 15) is 9.59 Å². The highest BCUT2D eigenvalue weighted by molar-refractivity contribution is 7.10. The second-order valence-electron chi connectivity index (χ2n) is 5.55. The quantitative estimate of drug-likeness (QED) is 0.887. The number of carbonyl (C=O) groups excluding carboxylic acids is 1. The normalized spacial score (nSPS) is 23.5. The Bertz CT molecular complexity index is 519. The van der Waals surface area contributed by atoms with Crippen LogP contribution in [-0.2, 0) is 16.0 Å². The molecule has 5 heteroatoms. The second-order valence-corrected chi connectivity index (χ2v) is 6.55. The summed E-state index contributed by atoms with van der Waals surface area (Å²) in [6.45, 7) is 0.275. The first-order valence-electron chi connectivity index (χ1n) is 6.70. The molecule has 1 heterocycles. The van der Waals surface area contributed by atoms with Crippen molar-refractivity contribution in [2.45, 2.75) is 38.0 Å². The van der Waals surface area contributed by atoms with Crippen molar-refractivity contribution in [3.8, 4) is 0 Å². The molecule has 0 radical (unpaired) electrons. The lowest BCUT2D eigenvalue weighted by atomic mass is 9.87. The van der Waals surface area contributed by atoms with Crippen molar-refractivity contribution < 1.29 is 14.7 Å². The minimum absolute atomic E-state index is 0.00752. The molecule has 2 N–H and O–H groups in total. The van der Waals surface area contributed by atoms with Crippen LogP contribution in [0.5, 0.6) is 0 Å². The van der Waals surface area contributed by atoms with Crippen LogP contribution < -0.4 is 5.32 Å². The standard InChI is InChI=1S/C14H17NO3S/c16-12(15-8-14(5-6-14)13(17)18)10-2-1-3-11-9(10)4-7-19-11/h4,7,10H,1-3,5-6,8H2,(H,15,16)(H,17,18). The molecule has 0 saturated heterocycles. The Morgan fingerprint density at radius 2 is 2.26 bits per heavy atom. The number of nitrogens with one attached hydrogen (secondary N) is 1. The average Bonchev–Trinajstić information content (AvgIpc) is 3.05. The number of carboxylic acids is 1. The van der Waals surface area contributed by atoms with E-state index in [1.165, 1.54) is 4.88 Å². The van der Waals surface area contributed by atoms with Gasteiger partial charge < -0.3 is 10.4 Å². The van der Waals surface area contributed by atoms with Crippen LogP contribution in [0.25, 0.3) is 0 Å². The highest BCUT2D eigenvalue weighted by Gasteiger charge is 2.50. The number of rotatable bonds is 4. The van der Waals surface area contributed by atoms with Crippen molar-refractivity contribution in [3.63, 3.8) is 0 Å². The van der Waals surface area contributed by atoms with E-state index < -0.39 is 11.4 Å². The third kappa shape index (κ3) is 2.27. The molecule has 1 aromatic rings. The maximum absolute atomic E-state index is 12.3. The van der Waals surface area contributed by atoms with E-state index in [2.05, 4.69) is 5.32 Å². The number of thiophene rings is 1. The number of amides is 1. The zero-order valence-electron chi connectivity index (χ0n) is 10.6. The topological polar surface area (TPSA) is 66.4 Å². The Labute approximate surface area is 115 Å². The van der Waals surface area contributed by atoms with Gasteiger partial charge in [-0.1, -0.05) is 0 Å². The fourth-order valence-corrected chi connectivity index (χ4v) is 3.74. The zero-order valence-corrected chi connectivity index (χ0v) is 11.5. The molecule has 0 bridgehead atoms. The smallest absolute Gasteiger partial charge is 0.311 e. The molecule has 4 nitrogen and oxygen atoms in total. The molecule has 1 fully saturated rings. The SMILES string of the molecule is O=C(NCC1(C(=O)O)CC1)C1CCCc2sccc21. The van der Waals surface area contributed by atoms with E-state index in [4.69, 9.17) is 5.11 Å².